The molecule has 0 aromatic heterocycles. The van der Waals surface area contributed by atoms with Crippen LogP contribution < -0.4 is 9.80 Å². The summed E-state index contributed by atoms with van der Waals surface area (Å²) >= 11 is 0. The lowest BCUT2D eigenvalue weighted by Crippen LogP contribution is -2.28. The standard InChI is InChI=1S/C77H54N2/c1-7-22-59(23-8-1)70-36-21-37-72-76(70)71-52-51-68(54-73(71)77(72,62-27-11-3-12-28-62)63-29-13-4-14-30-63)79(74-53-46-60-24-19-20-35-69(60)75(74)61-25-9-2-10-26-61)67-49-44-58(45-50-67)56-40-38-55(39-41-56)57-42-47-66(48-43-57)78(64-31-15-5-16-32-64)65-33-17-6-18-34-65/h1-54H. The molecule has 0 radical (unpaired) electrons. The third-order valence-electron chi connectivity index (χ3n) is 15.9. The zero-order valence-electron chi connectivity index (χ0n) is 43.6. The van der Waals surface area contributed by atoms with Crippen LogP contribution in [0.2, 0.25) is 0 Å². The highest BCUT2D eigenvalue weighted by Gasteiger charge is 2.47. The van der Waals surface area contributed by atoms with Gasteiger partial charge in [-0.1, -0.05) is 261 Å². The predicted molar refractivity (Wildman–Crippen MR) is 332 cm³/mol. The molecule has 0 fully saturated rings. The van der Waals surface area contributed by atoms with Crippen LogP contribution in [0.3, 0.4) is 0 Å². The first kappa shape index (κ1) is 47.2. The molecule has 1 aliphatic carbocycles. The van der Waals surface area contributed by atoms with Crippen molar-refractivity contribution >= 4 is 44.9 Å². The topological polar surface area (TPSA) is 6.48 Å². The van der Waals surface area contributed by atoms with E-state index in [1.807, 2.05) is 0 Å². The molecule has 0 N–H and O–H groups in total. The molecule has 0 amide bonds. The number of para-hydroxylation sites is 2. The van der Waals surface area contributed by atoms with E-state index in [0.717, 1.165) is 45.3 Å². The Morgan fingerprint density at radius 3 is 1.20 bits per heavy atom. The summed E-state index contributed by atoms with van der Waals surface area (Å²) in [5, 5.41) is 2.40. The molecular formula is C77H54N2. The number of hydrogen-bond donors (Lipinski definition) is 0. The Hall–Kier alpha value is -10.3. The van der Waals surface area contributed by atoms with Gasteiger partial charge in [-0.15, -0.1) is 0 Å². The van der Waals surface area contributed by atoms with E-state index in [1.54, 1.807) is 0 Å². The second-order valence-electron chi connectivity index (χ2n) is 20.4. The van der Waals surface area contributed by atoms with Crippen LogP contribution in [0.5, 0.6) is 0 Å². The van der Waals surface area contributed by atoms with E-state index in [9.17, 15) is 0 Å². The largest absolute Gasteiger partial charge is 0.311 e. The maximum atomic E-state index is 2.49. The maximum absolute atomic E-state index is 2.49. The Balaban J connectivity index is 0.902. The Bertz CT molecular complexity index is 4160. The molecule has 0 atom stereocenters. The van der Waals surface area contributed by atoms with E-state index in [2.05, 4.69) is 337 Å². The lowest BCUT2D eigenvalue weighted by Gasteiger charge is -2.35. The van der Waals surface area contributed by atoms with Crippen LogP contribution in [0, 0.1) is 0 Å². The molecule has 79 heavy (non-hydrogen) atoms. The SMILES string of the molecule is c1ccc(-c2cccc3c2-c2ccc(N(c4ccc(-c5ccc(-c6ccc(N(c7ccccc7)c7ccccc7)cc6)cc5)cc4)c4ccc5ccccc5c4-c4ccccc4)cc2C3(c2ccccc2)c2ccccc2)cc1. The van der Waals surface area contributed by atoms with Crippen molar-refractivity contribution in [3.63, 3.8) is 0 Å². The average molecular weight is 1010 g/mol. The molecule has 13 aromatic carbocycles. The Labute approximate surface area is 463 Å². The zero-order valence-corrected chi connectivity index (χ0v) is 43.6. The number of rotatable bonds is 12. The van der Waals surface area contributed by atoms with Crippen molar-refractivity contribution < 1.29 is 0 Å². The minimum absolute atomic E-state index is 0.617. The van der Waals surface area contributed by atoms with Gasteiger partial charge in [-0.2, -0.15) is 0 Å². The summed E-state index contributed by atoms with van der Waals surface area (Å²) in [6.07, 6.45) is 0. The third kappa shape index (κ3) is 8.39. The molecule has 372 valence electrons. The molecule has 13 aromatic rings. The van der Waals surface area contributed by atoms with Gasteiger partial charge in [-0.3, -0.25) is 0 Å². The van der Waals surface area contributed by atoms with E-state index in [-0.39, 0.29) is 0 Å². The van der Waals surface area contributed by atoms with Crippen LogP contribution >= 0.6 is 0 Å². The number of nitrogens with zero attached hydrogens (tertiary/aromatic N) is 2. The first-order chi connectivity index (χ1) is 39.2. The van der Waals surface area contributed by atoms with Gasteiger partial charge in [0.1, 0.15) is 0 Å². The molecule has 0 saturated heterocycles. The molecule has 0 aliphatic heterocycles. The molecule has 2 heteroatoms. The first-order valence-corrected chi connectivity index (χ1v) is 27.2. The molecule has 2 nitrogen and oxygen atoms in total. The van der Waals surface area contributed by atoms with Gasteiger partial charge in [0.2, 0.25) is 0 Å². The summed E-state index contributed by atoms with van der Waals surface area (Å²) < 4.78 is 0. The van der Waals surface area contributed by atoms with Gasteiger partial charge in [-0.05, 0) is 150 Å². The van der Waals surface area contributed by atoms with Gasteiger partial charge in [-0.25, -0.2) is 0 Å². The number of benzene rings is 13. The van der Waals surface area contributed by atoms with E-state index < -0.39 is 5.41 Å². The maximum Gasteiger partial charge on any atom is 0.0714 e. The monoisotopic (exact) mass is 1010 g/mol. The van der Waals surface area contributed by atoms with Gasteiger partial charge in [0.25, 0.3) is 0 Å². The molecule has 0 saturated carbocycles. The zero-order chi connectivity index (χ0) is 52.5. The lowest BCUT2D eigenvalue weighted by molar-refractivity contribution is 0.768. The summed E-state index contributed by atoms with van der Waals surface area (Å²) in [7, 11) is 0. The van der Waals surface area contributed by atoms with Crippen molar-refractivity contribution in [2.24, 2.45) is 0 Å². The lowest BCUT2D eigenvalue weighted by atomic mass is 9.67. The van der Waals surface area contributed by atoms with Crippen LogP contribution in [-0.4, -0.2) is 0 Å². The van der Waals surface area contributed by atoms with Crippen LogP contribution in [0.25, 0.3) is 66.4 Å². The number of fused-ring (bicyclic) bond motifs is 4. The summed E-state index contributed by atoms with van der Waals surface area (Å²) in [6.45, 7) is 0. The van der Waals surface area contributed by atoms with Gasteiger partial charge < -0.3 is 9.80 Å². The van der Waals surface area contributed by atoms with E-state index in [1.165, 1.54) is 77.5 Å². The minimum atomic E-state index is -0.617. The fourth-order valence-corrected chi connectivity index (χ4v) is 12.4. The Morgan fingerprint density at radius 1 is 0.228 bits per heavy atom. The van der Waals surface area contributed by atoms with Gasteiger partial charge >= 0.3 is 0 Å². The molecule has 0 unspecified atom stereocenters. The van der Waals surface area contributed by atoms with Crippen LogP contribution in [0.15, 0.2) is 328 Å². The second-order valence-corrected chi connectivity index (χ2v) is 20.4. The predicted octanol–water partition coefficient (Wildman–Crippen LogP) is 20.8. The number of hydrogen-bond acceptors (Lipinski definition) is 2. The Morgan fingerprint density at radius 2 is 0.658 bits per heavy atom. The van der Waals surface area contributed by atoms with Crippen molar-refractivity contribution in [1.82, 2.24) is 0 Å². The van der Waals surface area contributed by atoms with Gasteiger partial charge in [0, 0.05) is 34.0 Å². The summed E-state index contributed by atoms with van der Waals surface area (Å²) in [5.41, 5.74) is 22.9. The molecule has 0 bridgehead atoms. The first-order valence-electron chi connectivity index (χ1n) is 27.2. The second kappa shape index (κ2) is 20.3. The highest BCUT2D eigenvalue weighted by Crippen LogP contribution is 2.60. The van der Waals surface area contributed by atoms with E-state index in [4.69, 9.17) is 0 Å². The van der Waals surface area contributed by atoms with Crippen molar-refractivity contribution in [2.45, 2.75) is 5.41 Å². The van der Waals surface area contributed by atoms with Crippen LogP contribution in [0.4, 0.5) is 34.1 Å². The van der Waals surface area contributed by atoms with Gasteiger partial charge in [0.15, 0.2) is 0 Å². The average Bonchev–Trinajstić information content (AvgIpc) is 3.51. The smallest absolute Gasteiger partial charge is 0.0714 e. The third-order valence-corrected chi connectivity index (χ3v) is 15.9. The molecule has 0 heterocycles. The highest BCUT2D eigenvalue weighted by molar-refractivity contribution is 6.06. The summed E-state index contributed by atoms with van der Waals surface area (Å²) in [6, 6.07) is 120. The van der Waals surface area contributed by atoms with Crippen molar-refractivity contribution in [1.29, 1.82) is 0 Å². The molecular weight excluding hydrogens is 953 g/mol. The number of anilines is 6. The molecule has 1 aliphatic rings. The van der Waals surface area contributed by atoms with Crippen molar-refractivity contribution in [3.05, 3.63) is 350 Å². The summed E-state index contributed by atoms with van der Waals surface area (Å²) in [5.74, 6) is 0. The molecule has 14 rings (SSSR count). The fraction of sp³-hybridized carbons (Fsp3) is 0.0130. The van der Waals surface area contributed by atoms with Gasteiger partial charge in [0.05, 0.1) is 11.1 Å². The van der Waals surface area contributed by atoms with Crippen molar-refractivity contribution in [2.75, 3.05) is 9.80 Å². The van der Waals surface area contributed by atoms with Crippen LogP contribution in [-0.2, 0) is 5.41 Å². The normalized spacial score (nSPS) is 12.2. The quantitative estimate of drug-likeness (QED) is 0.120. The van der Waals surface area contributed by atoms with Crippen LogP contribution in [0.1, 0.15) is 22.3 Å². The summed E-state index contributed by atoms with van der Waals surface area (Å²) in [4.78, 5) is 4.79. The Kier molecular flexibility index (Phi) is 12.2. The minimum Gasteiger partial charge on any atom is -0.311 e. The van der Waals surface area contributed by atoms with E-state index in [0.29, 0.717) is 0 Å². The van der Waals surface area contributed by atoms with E-state index >= 15 is 0 Å². The molecule has 0 spiro atoms. The fourth-order valence-electron chi connectivity index (χ4n) is 12.4. The van der Waals surface area contributed by atoms with Crippen molar-refractivity contribution in [3.8, 4) is 55.6 Å². The highest BCUT2D eigenvalue weighted by atomic mass is 15.1.